The molecule has 0 radical (unpaired) electrons. The molecule has 2 aromatic heterocycles. The number of hydrogen-bond acceptors (Lipinski definition) is 5. The van der Waals surface area contributed by atoms with Gasteiger partial charge in [-0.3, -0.25) is 4.98 Å². The molecule has 3 rings (SSSR count). The Morgan fingerprint density at radius 2 is 1.81 bits per heavy atom. The van der Waals surface area contributed by atoms with Gasteiger partial charge in [0.15, 0.2) is 11.6 Å². The number of halogens is 3. The average Bonchev–Trinajstić information content (AvgIpc) is 3.00. The number of benzene rings is 1. The second-order valence-corrected chi connectivity index (χ2v) is 6.56. The molecule has 0 amide bonds. The SMILES string of the molecule is CC(C)(C)n1ncnc1COc1ccnc2c(OC(F)(F)F)cccc12. The Kier molecular flexibility index (Phi) is 4.47. The first-order valence-corrected chi connectivity index (χ1v) is 7.81. The van der Waals surface area contributed by atoms with Crippen LogP contribution in [0.2, 0.25) is 0 Å². The summed E-state index contributed by atoms with van der Waals surface area (Å²) in [5.74, 6) is 0.606. The zero-order chi connectivity index (χ0) is 18.9. The normalized spacial score (nSPS) is 12.4. The molecule has 138 valence electrons. The Labute approximate surface area is 147 Å². The standard InChI is InChI=1S/C17H17F3N4O2/c1-16(2,3)24-14(22-10-23-24)9-25-12-7-8-21-15-11(12)5-4-6-13(15)26-17(18,19)20/h4-8,10H,9H2,1-3H3. The highest BCUT2D eigenvalue weighted by Crippen LogP contribution is 2.33. The fourth-order valence-electron chi connectivity index (χ4n) is 2.52. The van der Waals surface area contributed by atoms with Crippen molar-refractivity contribution in [3.05, 3.63) is 42.6 Å². The highest BCUT2D eigenvalue weighted by molar-refractivity contribution is 5.89. The molecule has 2 heterocycles. The van der Waals surface area contributed by atoms with Gasteiger partial charge >= 0.3 is 6.36 Å². The van der Waals surface area contributed by atoms with Crippen molar-refractivity contribution in [3.63, 3.8) is 0 Å². The molecule has 0 atom stereocenters. The summed E-state index contributed by atoms with van der Waals surface area (Å²) in [6.45, 7) is 6.05. The van der Waals surface area contributed by atoms with Crippen molar-refractivity contribution >= 4 is 10.9 Å². The molecule has 0 N–H and O–H groups in total. The van der Waals surface area contributed by atoms with Gasteiger partial charge in [0.1, 0.15) is 24.2 Å². The fraction of sp³-hybridized carbons (Fsp3) is 0.353. The van der Waals surface area contributed by atoms with E-state index in [2.05, 4.69) is 19.8 Å². The van der Waals surface area contributed by atoms with Crippen molar-refractivity contribution in [1.29, 1.82) is 0 Å². The first kappa shape index (κ1) is 18.0. The lowest BCUT2D eigenvalue weighted by atomic mass is 10.1. The molecule has 9 heteroatoms. The average molecular weight is 366 g/mol. The molecular formula is C17H17F3N4O2. The lowest BCUT2D eigenvalue weighted by Gasteiger charge is -2.21. The first-order valence-electron chi connectivity index (χ1n) is 7.81. The van der Waals surface area contributed by atoms with Crippen LogP contribution in [0.5, 0.6) is 11.5 Å². The van der Waals surface area contributed by atoms with Gasteiger partial charge in [-0.1, -0.05) is 6.07 Å². The molecule has 3 aromatic rings. The highest BCUT2D eigenvalue weighted by Gasteiger charge is 2.32. The number of ether oxygens (including phenoxy) is 2. The Morgan fingerprint density at radius 3 is 2.50 bits per heavy atom. The topological polar surface area (TPSA) is 62.1 Å². The largest absolute Gasteiger partial charge is 0.573 e. The molecule has 0 aliphatic rings. The number of hydrogen-bond donors (Lipinski definition) is 0. The molecule has 6 nitrogen and oxygen atoms in total. The van der Waals surface area contributed by atoms with Crippen molar-refractivity contribution in [1.82, 2.24) is 19.7 Å². The third-order valence-corrected chi connectivity index (χ3v) is 3.53. The van der Waals surface area contributed by atoms with Crippen molar-refractivity contribution < 1.29 is 22.6 Å². The Bertz CT molecular complexity index is 916. The summed E-state index contributed by atoms with van der Waals surface area (Å²) in [6.07, 6.45) is -1.99. The van der Waals surface area contributed by atoms with E-state index in [1.807, 2.05) is 20.8 Å². The summed E-state index contributed by atoms with van der Waals surface area (Å²) in [5.41, 5.74) is -0.205. The fourth-order valence-corrected chi connectivity index (χ4v) is 2.52. The van der Waals surface area contributed by atoms with Gasteiger partial charge in [0.2, 0.25) is 0 Å². The third-order valence-electron chi connectivity index (χ3n) is 3.53. The predicted molar refractivity (Wildman–Crippen MR) is 87.8 cm³/mol. The minimum absolute atomic E-state index is 0.0691. The van der Waals surface area contributed by atoms with E-state index >= 15 is 0 Å². The van der Waals surface area contributed by atoms with E-state index in [1.165, 1.54) is 24.7 Å². The van der Waals surface area contributed by atoms with Crippen LogP contribution in [0.25, 0.3) is 10.9 Å². The van der Waals surface area contributed by atoms with Gasteiger partial charge < -0.3 is 9.47 Å². The molecule has 1 aromatic carbocycles. The van der Waals surface area contributed by atoms with Crippen molar-refractivity contribution in [2.75, 3.05) is 0 Å². The molecule has 0 saturated heterocycles. The van der Waals surface area contributed by atoms with Gasteiger partial charge in [0.05, 0.1) is 5.54 Å². The van der Waals surface area contributed by atoms with Crippen LogP contribution in [-0.2, 0) is 12.1 Å². The summed E-state index contributed by atoms with van der Waals surface area (Å²) >= 11 is 0. The Morgan fingerprint density at radius 1 is 1.04 bits per heavy atom. The molecule has 0 aliphatic carbocycles. The number of alkyl halides is 3. The predicted octanol–water partition coefficient (Wildman–Crippen LogP) is 4.06. The molecule has 0 bridgehead atoms. The number of para-hydroxylation sites is 1. The van der Waals surface area contributed by atoms with Crippen molar-refractivity contribution in [2.45, 2.75) is 39.3 Å². The first-order chi connectivity index (χ1) is 12.1. The van der Waals surface area contributed by atoms with Crippen LogP contribution in [0.15, 0.2) is 36.8 Å². The number of aromatic nitrogens is 4. The van der Waals surface area contributed by atoms with Gasteiger partial charge in [0, 0.05) is 11.6 Å². The quantitative estimate of drug-likeness (QED) is 0.697. The molecule has 0 saturated carbocycles. The monoisotopic (exact) mass is 366 g/mol. The summed E-state index contributed by atoms with van der Waals surface area (Å²) in [5, 5.41) is 4.60. The van der Waals surface area contributed by atoms with Crippen LogP contribution in [-0.4, -0.2) is 26.1 Å². The second kappa shape index (κ2) is 6.47. The number of fused-ring (bicyclic) bond motifs is 1. The summed E-state index contributed by atoms with van der Waals surface area (Å²) < 4.78 is 49.2. The van der Waals surface area contributed by atoms with E-state index in [1.54, 1.807) is 16.8 Å². The van der Waals surface area contributed by atoms with E-state index in [9.17, 15) is 13.2 Å². The maximum atomic E-state index is 12.6. The zero-order valence-electron chi connectivity index (χ0n) is 14.4. The minimum Gasteiger partial charge on any atom is -0.485 e. The van der Waals surface area contributed by atoms with Crippen LogP contribution in [0.3, 0.4) is 0 Å². The molecule has 0 fully saturated rings. The lowest BCUT2D eigenvalue weighted by Crippen LogP contribution is -2.26. The van der Waals surface area contributed by atoms with Crippen molar-refractivity contribution in [2.24, 2.45) is 0 Å². The van der Waals surface area contributed by atoms with Crippen LogP contribution < -0.4 is 9.47 Å². The summed E-state index contributed by atoms with van der Waals surface area (Å²) in [6, 6.07) is 5.87. The van der Waals surface area contributed by atoms with Crippen LogP contribution in [0, 0.1) is 0 Å². The van der Waals surface area contributed by atoms with Crippen LogP contribution in [0.4, 0.5) is 13.2 Å². The third kappa shape index (κ3) is 3.87. The van der Waals surface area contributed by atoms with Gasteiger partial charge in [-0.15, -0.1) is 13.2 Å². The highest BCUT2D eigenvalue weighted by atomic mass is 19.4. The van der Waals surface area contributed by atoms with Crippen molar-refractivity contribution in [3.8, 4) is 11.5 Å². The van der Waals surface area contributed by atoms with Gasteiger partial charge in [0.25, 0.3) is 0 Å². The Balaban J connectivity index is 1.90. The second-order valence-electron chi connectivity index (χ2n) is 6.56. The van der Waals surface area contributed by atoms with E-state index < -0.39 is 6.36 Å². The van der Waals surface area contributed by atoms with Gasteiger partial charge in [-0.05, 0) is 39.0 Å². The lowest BCUT2D eigenvalue weighted by molar-refractivity contribution is -0.274. The van der Waals surface area contributed by atoms with E-state index in [4.69, 9.17) is 4.74 Å². The summed E-state index contributed by atoms with van der Waals surface area (Å²) in [4.78, 5) is 8.17. The van der Waals surface area contributed by atoms with Gasteiger partial charge in [-0.25, -0.2) is 9.67 Å². The van der Waals surface area contributed by atoms with Gasteiger partial charge in [-0.2, -0.15) is 5.10 Å². The van der Waals surface area contributed by atoms with E-state index in [0.717, 1.165) is 0 Å². The maximum absolute atomic E-state index is 12.6. The molecular weight excluding hydrogens is 349 g/mol. The number of pyridine rings is 1. The molecule has 26 heavy (non-hydrogen) atoms. The van der Waals surface area contributed by atoms with Crippen LogP contribution in [0.1, 0.15) is 26.6 Å². The zero-order valence-corrected chi connectivity index (χ0v) is 14.4. The summed E-state index contributed by atoms with van der Waals surface area (Å²) in [7, 11) is 0. The van der Waals surface area contributed by atoms with Crippen LogP contribution >= 0.6 is 0 Å². The molecule has 0 spiro atoms. The molecule has 0 unspecified atom stereocenters. The molecule has 0 aliphatic heterocycles. The maximum Gasteiger partial charge on any atom is 0.573 e. The minimum atomic E-state index is -4.80. The number of rotatable bonds is 4. The van der Waals surface area contributed by atoms with E-state index in [0.29, 0.717) is 17.0 Å². The number of nitrogens with zero attached hydrogens (tertiary/aromatic N) is 4. The smallest absolute Gasteiger partial charge is 0.485 e. The Hall–Kier alpha value is -2.84. The van der Waals surface area contributed by atoms with E-state index in [-0.39, 0.29) is 23.4 Å².